The van der Waals surface area contributed by atoms with Gasteiger partial charge in [-0.05, 0) is 18.5 Å². The summed E-state index contributed by atoms with van der Waals surface area (Å²) >= 11 is 2.96. The fourth-order valence-corrected chi connectivity index (χ4v) is 3.09. The molecule has 3 aromatic rings. The van der Waals surface area contributed by atoms with Gasteiger partial charge in [0.2, 0.25) is 0 Å². The minimum absolute atomic E-state index is 0.661. The quantitative estimate of drug-likeness (QED) is 0.721. The molecule has 3 heterocycles. The molecule has 0 aliphatic heterocycles. The van der Waals surface area contributed by atoms with E-state index in [1.807, 2.05) is 14.0 Å². The molecular formula is C11H13N7S2. The molecule has 0 aliphatic rings. The van der Waals surface area contributed by atoms with Crippen LogP contribution >= 0.6 is 23.3 Å². The summed E-state index contributed by atoms with van der Waals surface area (Å²) in [6, 6.07) is 0. The number of aromatic nitrogens is 6. The van der Waals surface area contributed by atoms with Crippen LogP contribution < -0.4 is 5.32 Å². The van der Waals surface area contributed by atoms with Crippen LogP contribution in [0.25, 0.3) is 11.0 Å². The first-order valence-corrected chi connectivity index (χ1v) is 7.85. The average Bonchev–Trinajstić information content (AvgIpc) is 3.08. The van der Waals surface area contributed by atoms with Crippen molar-refractivity contribution in [3.63, 3.8) is 0 Å². The van der Waals surface area contributed by atoms with Gasteiger partial charge >= 0.3 is 0 Å². The molecule has 0 fully saturated rings. The second-order valence-corrected chi connectivity index (χ2v) is 6.02. The molecule has 0 unspecified atom stereocenters. The standard InChI is InChI=1S/C11H13N7S2/c1-3-12-9-7-4-14-18(2)10(7)17-8(16-9)5-19-11-13-6-15-20-11/h4,6H,3,5H2,1-2H3,(H,12,16,17). The molecule has 0 saturated carbocycles. The Morgan fingerprint density at radius 3 is 3.05 bits per heavy atom. The van der Waals surface area contributed by atoms with Crippen LogP contribution in [0.2, 0.25) is 0 Å². The molecule has 7 nitrogen and oxygen atoms in total. The van der Waals surface area contributed by atoms with Crippen molar-refractivity contribution >= 4 is 40.1 Å². The third kappa shape index (κ3) is 2.59. The number of fused-ring (bicyclic) bond motifs is 1. The van der Waals surface area contributed by atoms with Crippen LogP contribution in [0.5, 0.6) is 0 Å². The van der Waals surface area contributed by atoms with Gasteiger partial charge in [0.1, 0.15) is 18.0 Å². The van der Waals surface area contributed by atoms with Gasteiger partial charge in [0.25, 0.3) is 0 Å². The van der Waals surface area contributed by atoms with E-state index in [0.29, 0.717) is 5.75 Å². The van der Waals surface area contributed by atoms with E-state index >= 15 is 0 Å². The lowest BCUT2D eigenvalue weighted by Gasteiger charge is -2.06. The van der Waals surface area contributed by atoms with E-state index in [4.69, 9.17) is 0 Å². The molecule has 104 valence electrons. The summed E-state index contributed by atoms with van der Waals surface area (Å²) in [5, 5.41) is 8.44. The highest BCUT2D eigenvalue weighted by atomic mass is 32.2. The monoisotopic (exact) mass is 307 g/mol. The highest BCUT2D eigenvalue weighted by molar-refractivity contribution is 8.00. The summed E-state index contributed by atoms with van der Waals surface area (Å²) < 4.78 is 6.66. The van der Waals surface area contributed by atoms with Gasteiger partial charge in [0.15, 0.2) is 9.99 Å². The van der Waals surface area contributed by atoms with Gasteiger partial charge < -0.3 is 5.32 Å². The van der Waals surface area contributed by atoms with Crippen LogP contribution in [-0.2, 0) is 12.8 Å². The normalized spacial score (nSPS) is 11.1. The predicted molar refractivity (Wildman–Crippen MR) is 79.9 cm³/mol. The number of anilines is 1. The minimum atomic E-state index is 0.661. The van der Waals surface area contributed by atoms with Gasteiger partial charge in [-0.3, -0.25) is 4.68 Å². The SMILES string of the molecule is CCNc1nc(CSc2ncns2)nc2c1cnn2C. The van der Waals surface area contributed by atoms with E-state index in [-0.39, 0.29) is 0 Å². The van der Waals surface area contributed by atoms with Crippen LogP contribution in [0.3, 0.4) is 0 Å². The molecule has 0 spiro atoms. The molecule has 9 heteroatoms. The Labute approximate surface area is 124 Å². The van der Waals surface area contributed by atoms with Gasteiger partial charge in [-0.2, -0.15) is 9.47 Å². The van der Waals surface area contributed by atoms with Crippen molar-refractivity contribution in [2.75, 3.05) is 11.9 Å². The van der Waals surface area contributed by atoms with Crippen LogP contribution in [0.1, 0.15) is 12.7 Å². The van der Waals surface area contributed by atoms with Crippen molar-refractivity contribution < 1.29 is 0 Å². The highest BCUT2D eigenvalue weighted by Gasteiger charge is 2.11. The largest absolute Gasteiger partial charge is 0.370 e. The van der Waals surface area contributed by atoms with Crippen LogP contribution in [0, 0.1) is 0 Å². The molecule has 0 aliphatic carbocycles. The van der Waals surface area contributed by atoms with Crippen LogP contribution in [0.15, 0.2) is 16.9 Å². The number of rotatable bonds is 5. The summed E-state index contributed by atoms with van der Waals surface area (Å²) in [6.07, 6.45) is 3.34. The number of hydrogen-bond donors (Lipinski definition) is 1. The maximum atomic E-state index is 4.56. The van der Waals surface area contributed by atoms with Crippen molar-refractivity contribution in [1.82, 2.24) is 29.1 Å². The molecule has 0 bridgehead atoms. The molecule has 3 rings (SSSR count). The van der Waals surface area contributed by atoms with Gasteiger partial charge in [-0.25, -0.2) is 15.0 Å². The van der Waals surface area contributed by atoms with Crippen molar-refractivity contribution in [3.05, 3.63) is 18.3 Å². The number of thioether (sulfide) groups is 1. The summed E-state index contributed by atoms with van der Waals surface area (Å²) in [6.45, 7) is 2.85. The van der Waals surface area contributed by atoms with Gasteiger partial charge in [-0.15, -0.1) is 0 Å². The van der Waals surface area contributed by atoms with Gasteiger partial charge in [0.05, 0.1) is 17.3 Å². The van der Waals surface area contributed by atoms with E-state index in [1.165, 1.54) is 11.5 Å². The topological polar surface area (TPSA) is 81.4 Å². The van der Waals surface area contributed by atoms with Crippen LogP contribution in [-0.4, -0.2) is 35.7 Å². The summed E-state index contributed by atoms with van der Waals surface area (Å²) in [5.41, 5.74) is 0.837. The smallest absolute Gasteiger partial charge is 0.170 e. The molecule has 0 radical (unpaired) electrons. The number of aryl methyl sites for hydroxylation is 1. The molecule has 0 aromatic carbocycles. The molecule has 0 amide bonds. The second kappa shape index (κ2) is 5.71. The lowest BCUT2D eigenvalue weighted by atomic mass is 10.4. The summed E-state index contributed by atoms with van der Waals surface area (Å²) in [7, 11) is 1.88. The Morgan fingerprint density at radius 2 is 2.30 bits per heavy atom. The van der Waals surface area contributed by atoms with E-state index < -0.39 is 0 Å². The minimum Gasteiger partial charge on any atom is -0.370 e. The lowest BCUT2D eigenvalue weighted by Crippen LogP contribution is -2.05. The predicted octanol–water partition coefficient (Wildman–Crippen LogP) is 1.94. The van der Waals surface area contributed by atoms with Gasteiger partial charge in [0, 0.05) is 13.6 Å². The first-order chi connectivity index (χ1) is 9.78. The Morgan fingerprint density at radius 1 is 1.40 bits per heavy atom. The first kappa shape index (κ1) is 13.3. The van der Waals surface area contributed by atoms with Crippen molar-refractivity contribution in [1.29, 1.82) is 0 Å². The Kier molecular flexibility index (Phi) is 3.79. The molecule has 20 heavy (non-hydrogen) atoms. The highest BCUT2D eigenvalue weighted by Crippen LogP contribution is 2.25. The maximum absolute atomic E-state index is 4.56. The van der Waals surface area contributed by atoms with Gasteiger partial charge in [-0.1, -0.05) is 11.8 Å². The lowest BCUT2D eigenvalue weighted by molar-refractivity contribution is 0.782. The molecule has 0 saturated heterocycles. The number of hydrogen-bond acceptors (Lipinski definition) is 8. The number of nitrogens with one attached hydrogen (secondary N) is 1. The van der Waals surface area contributed by atoms with E-state index in [9.17, 15) is 0 Å². The van der Waals surface area contributed by atoms with Crippen LogP contribution in [0.4, 0.5) is 5.82 Å². The second-order valence-electron chi connectivity index (χ2n) is 4.02. The third-order valence-electron chi connectivity index (χ3n) is 2.65. The van der Waals surface area contributed by atoms with E-state index in [2.05, 4.69) is 29.7 Å². The molecular weight excluding hydrogens is 294 g/mol. The molecule has 1 N–H and O–H groups in total. The first-order valence-electron chi connectivity index (χ1n) is 6.10. The summed E-state index contributed by atoms with van der Waals surface area (Å²) in [4.78, 5) is 13.3. The van der Waals surface area contributed by atoms with Crippen molar-refractivity contribution in [3.8, 4) is 0 Å². The fraction of sp³-hybridized carbons (Fsp3) is 0.364. The Hall–Kier alpha value is -1.74. The Balaban J connectivity index is 1.91. The zero-order valence-corrected chi connectivity index (χ0v) is 12.7. The third-order valence-corrected chi connectivity index (χ3v) is 4.44. The Bertz CT molecular complexity index is 707. The fourth-order valence-electron chi connectivity index (χ4n) is 1.79. The zero-order chi connectivity index (χ0) is 13.9. The molecule has 3 aromatic heterocycles. The maximum Gasteiger partial charge on any atom is 0.170 e. The van der Waals surface area contributed by atoms with Crippen molar-refractivity contribution in [2.24, 2.45) is 7.05 Å². The van der Waals surface area contributed by atoms with E-state index in [0.717, 1.165) is 33.6 Å². The number of nitrogens with zero attached hydrogens (tertiary/aromatic N) is 6. The molecule has 0 atom stereocenters. The van der Waals surface area contributed by atoms with Crippen molar-refractivity contribution in [2.45, 2.75) is 17.0 Å². The average molecular weight is 307 g/mol. The zero-order valence-electron chi connectivity index (χ0n) is 11.1. The van der Waals surface area contributed by atoms with E-state index in [1.54, 1.807) is 29.0 Å². The summed E-state index contributed by atoms with van der Waals surface area (Å²) in [5.74, 6) is 2.25.